The highest BCUT2D eigenvalue weighted by Crippen LogP contribution is 2.17. The first-order chi connectivity index (χ1) is 12.3. The lowest BCUT2D eigenvalue weighted by Crippen LogP contribution is -2.37. The van der Waals surface area contributed by atoms with Crippen LogP contribution in [-0.4, -0.2) is 52.6 Å². The van der Waals surface area contributed by atoms with E-state index in [0.717, 1.165) is 24.4 Å². The third kappa shape index (κ3) is 2.96. The van der Waals surface area contributed by atoms with Crippen molar-refractivity contribution in [1.29, 1.82) is 0 Å². The lowest BCUT2D eigenvalue weighted by Gasteiger charge is -2.27. The van der Waals surface area contributed by atoms with Crippen LogP contribution in [0.1, 0.15) is 5.56 Å². The van der Waals surface area contributed by atoms with Crippen molar-refractivity contribution in [2.75, 3.05) is 38.3 Å². The van der Waals surface area contributed by atoms with E-state index in [9.17, 15) is 4.79 Å². The average Bonchev–Trinajstić information content (AvgIpc) is 2.98. The minimum Gasteiger partial charge on any atom is -0.497 e. The SMILES string of the molecule is COc1cccc(Cn2nc3c(N4CCOCC4)nccn3c2=O)c1. The number of ether oxygens (including phenoxy) is 2. The van der Waals surface area contributed by atoms with Crippen molar-refractivity contribution in [2.24, 2.45) is 0 Å². The molecule has 3 aromatic rings. The number of hydrogen-bond donors (Lipinski definition) is 0. The number of benzene rings is 1. The molecular weight excluding hydrogens is 322 g/mol. The highest BCUT2D eigenvalue weighted by molar-refractivity contribution is 5.63. The Bertz CT molecular complexity index is 943. The van der Waals surface area contributed by atoms with Crippen LogP contribution in [0, 0.1) is 0 Å². The zero-order chi connectivity index (χ0) is 17.2. The van der Waals surface area contributed by atoms with E-state index in [1.54, 1.807) is 19.5 Å². The molecule has 8 nitrogen and oxygen atoms in total. The molecule has 4 rings (SSSR count). The molecule has 0 N–H and O–H groups in total. The highest BCUT2D eigenvalue weighted by Gasteiger charge is 2.19. The number of aromatic nitrogens is 4. The van der Waals surface area contributed by atoms with E-state index < -0.39 is 0 Å². The van der Waals surface area contributed by atoms with Gasteiger partial charge in [-0.05, 0) is 17.7 Å². The molecule has 0 bridgehead atoms. The second-order valence-electron chi connectivity index (χ2n) is 5.84. The summed E-state index contributed by atoms with van der Waals surface area (Å²) in [6.07, 6.45) is 3.29. The number of morpholine rings is 1. The fourth-order valence-corrected chi connectivity index (χ4v) is 2.98. The van der Waals surface area contributed by atoms with Gasteiger partial charge in [0.25, 0.3) is 0 Å². The van der Waals surface area contributed by atoms with E-state index in [1.165, 1.54) is 9.08 Å². The fraction of sp³-hybridized carbons (Fsp3) is 0.353. The van der Waals surface area contributed by atoms with Crippen molar-refractivity contribution in [3.05, 3.63) is 52.7 Å². The second-order valence-corrected chi connectivity index (χ2v) is 5.84. The lowest BCUT2D eigenvalue weighted by molar-refractivity contribution is 0.122. The van der Waals surface area contributed by atoms with Gasteiger partial charge in [0.15, 0.2) is 5.82 Å². The summed E-state index contributed by atoms with van der Waals surface area (Å²) in [6, 6.07) is 7.61. The molecule has 1 saturated heterocycles. The summed E-state index contributed by atoms with van der Waals surface area (Å²) < 4.78 is 13.6. The normalized spacial score (nSPS) is 14.8. The summed E-state index contributed by atoms with van der Waals surface area (Å²) in [4.78, 5) is 19.2. The fourth-order valence-electron chi connectivity index (χ4n) is 2.98. The van der Waals surface area contributed by atoms with Crippen LogP contribution in [0.25, 0.3) is 5.65 Å². The summed E-state index contributed by atoms with van der Waals surface area (Å²) in [5, 5.41) is 4.52. The molecule has 0 saturated carbocycles. The molecule has 1 aliphatic heterocycles. The first kappa shape index (κ1) is 15.6. The Balaban J connectivity index is 1.72. The minimum absolute atomic E-state index is 0.185. The van der Waals surface area contributed by atoms with Gasteiger partial charge < -0.3 is 14.4 Å². The summed E-state index contributed by atoms with van der Waals surface area (Å²) in [7, 11) is 1.62. The maximum atomic E-state index is 12.7. The monoisotopic (exact) mass is 341 g/mol. The van der Waals surface area contributed by atoms with Gasteiger partial charge in [-0.25, -0.2) is 18.9 Å². The summed E-state index contributed by atoms with van der Waals surface area (Å²) in [5.74, 6) is 1.47. The Morgan fingerprint density at radius 2 is 2.12 bits per heavy atom. The minimum atomic E-state index is -0.185. The molecule has 0 radical (unpaired) electrons. The molecule has 0 atom stereocenters. The largest absolute Gasteiger partial charge is 0.497 e. The number of fused-ring (bicyclic) bond motifs is 1. The molecule has 8 heteroatoms. The Morgan fingerprint density at radius 1 is 1.28 bits per heavy atom. The molecule has 130 valence electrons. The van der Waals surface area contributed by atoms with E-state index in [1.807, 2.05) is 24.3 Å². The number of nitrogens with zero attached hydrogens (tertiary/aromatic N) is 5. The molecule has 0 amide bonds. The van der Waals surface area contributed by atoms with Gasteiger partial charge in [0, 0.05) is 25.5 Å². The molecule has 3 heterocycles. The highest BCUT2D eigenvalue weighted by atomic mass is 16.5. The lowest BCUT2D eigenvalue weighted by atomic mass is 10.2. The Labute approximate surface area is 144 Å². The third-order valence-corrected chi connectivity index (χ3v) is 4.26. The molecule has 2 aromatic heterocycles. The first-order valence-electron chi connectivity index (χ1n) is 8.16. The van der Waals surface area contributed by atoms with E-state index in [-0.39, 0.29) is 5.69 Å². The van der Waals surface area contributed by atoms with Crippen molar-refractivity contribution >= 4 is 11.5 Å². The van der Waals surface area contributed by atoms with Crippen molar-refractivity contribution < 1.29 is 9.47 Å². The predicted octanol–water partition coefficient (Wildman–Crippen LogP) is 0.784. The predicted molar refractivity (Wildman–Crippen MR) is 92.4 cm³/mol. The van der Waals surface area contributed by atoms with Gasteiger partial charge in [0.05, 0.1) is 26.9 Å². The van der Waals surface area contributed by atoms with E-state index in [2.05, 4.69) is 15.0 Å². The molecule has 0 aliphatic carbocycles. The number of anilines is 1. The second kappa shape index (κ2) is 6.56. The number of rotatable bonds is 4. The van der Waals surface area contributed by atoms with Gasteiger partial charge >= 0.3 is 5.69 Å². The molecule has 25 heavy (non-hydrogen) atoms. The Hall–Kier alpha value is -2.87. The first-order valence-corrected chi connectivity index (χ1v) is 8.16. The third-order valence-electron chi connectivity index (χ3n) is 4.26. The Kier molecular flexibility index (Phi) is 4.10. The molecular formula is C17H19N5O3. The topological polar surface area (TPSA) is 73.9 Å². The summed E-state index contributed by atoms with van der Waals surface area (Å²) >= 11 is 0. The van der Waals surface area contributed by atoms with Crippen LogP contribution in [0.5, 0.6) is 5.75 Å². The molecule has 0 unspecified atom stereocenters. The van der Waals surface area contributed by atoms with E-state index in [4.69, 9.17) is 9.47 Å². The van der Waals surface area contributed by atoms with Gasteiger partial charge in [0.1, 0.15) is 5.75 Å². The standard InChI is InChI=1S/C17H19N5O3/c1-24-14-4-2-3-13(11-14)12-22-17(23)21-6-5-18-15(16(21)19-22)20-7-9-25-10-8-20/h2-6,11H,7-10,12H2,1H3. The summed E-state index contributed by atoms with van der Waals surface area (Å²) in [5.41, 5.74) is 1.33. The molecule has 1 fully saturated rings. The van der Waals surface area contributed by atoms with E-state index >= 15 is 0 Å². The maximum Gasteiger partial charge on any atom is 0.350 e. The maximum absolute atomic E-state index is 12.7. The van der Waals surface area contributed by atoms with Crippen LogP contribution < -0.4 is 15.3 Å². The van der Waals surface area contributed by atoms with Crippen molar-refractivity contribution in [3.63, 3.8) is 0 Å². The molecule has 0 spiro atoms. The zero-order valence-electron chi connectivity index (χ0n) is 14.0. The zero-order valence-corrected chi connectivity index (χ0v) is 14.0. The van der Waals surface area contributed by atoms with Crippen molar-refractivity contribution in [2.45, 2.75) is 6.54 Å². The van der Waals surface area contributed by atoms with Gasteiger partial charge in [-0.3, -0.25) is 0 Å². The smallest absolute Gasteiger partial charge is 0.350 e. The quantitative estimate of drug-likeness (QED) is 0.698. The van der Waals surface area contributed by atoms with Gasteiger partial charge in [-0.1, -0.05) is 12.1 Å². The Morgan fingerprint density at radius 3 is 2.92 bits per heavy atom. The summed E-state index contributed by atoms with van der Waals surface area (Å²) in [6.45, 7) is 3.16. The van der Waals surface area contributed by atoms with Crippen molar-refractivity contribution in [3.8, 4) is 5.75 Å². The number of methoxy groups -OCH3 is 1. The van der Waals surface area contributed by atoms with Crippen LogP contribution >= 0.6 is 0 Å². The van der Waals surface area contributed by atoms with E-state index in [0.29, 0.717) is 31.2 Å². The van der Waals surface area contributed by atoms with Crippen LogP contribution in [0.4, 0.5) is 5.82 Å². The van der Waals surface area contributed by atoms with Crippen LogP contribution in [0.15, 0.2) is 41.5 Å². The van der Waals surface area contributed by atoms with Crippen LogP contribution in [-0.2, 0) is 11.3 Å². The van der Waals surface area contributed by atoms with Gasteiger partial charge in [0.2, 0.25) is 5.65 Å². The van der Waals surface area contributed by atoms with Crippen molar-refractivity contribution in [1.82, 2.24) is 19.2 Å². The van der Waals surface area contributed by atoms with Crippen LogP contribution in [0.3, 0.4) is 0 Å². The van der Waals surface area contributed by atoms with Gasteiger partial charge in [-0.15, -0.1) is 5.10 Å². The van der Waals surface area contributed by atoms with Gasteiger partial charge in [-0.2, -0.15) is 0 Å². The average molecular weight is 341 g/mol. The molecule has 1 aliphatic rings. The van der Waals surface area contributed by atoms with Crippen LogP contribution in [0.2, 0.25) is 0 Å². The number of hydrogen-bond acceptors (Lipinski definition) is 6. The molecule has 1 aromatic carbocycles.